The zero-order valence-corrected chi connectivity index (χ0v) is 19.4. The van der Waals surface area contributed by atoms with E-state index in [0.717, 1.165) is 60.6 Å². The standard InChI is InChI=1S/C26H32N4O3/c1-3-20(27-14-21-13-23-24(15-28-21)33-12-11-32-23)9-10-29(2)16-19-17-30-25(31)8-7-18-5-4-6-22(19)26(18)30/h4-8,13,15,19-20,27H,3,9-12,14,16-17H2,1-2H3. The van der Waals surface area contributed by atoms with Crippen LogP contribution < -0.4 is 20.3 Å². The monoisotopic (exact) mass is 448 g/mol. The number of rotatable bonds is 9. The van der Waals surface area contributed by atoms with Crippen molar-refractivity contribution in [2.24, 2.45) is 0 Å². The van der Waals surface area contributed by atoms with Gasteiger partial charge in [-0.15, -0.1) is 0 Å². The molecule has 174 valence electrons. The quantitative estimate of drug-likeness (QED) is 0.542. The number of nitrogens with zero attached hydrogens (tertiary/aromatic N) is 3. The minimum atomic E-state index is 0.100. The fourth-order valence-corrected chi connectivity index (χ4v) is 5.00. The molecule has 2 aliphatic heterocycles. The number of hydrogen-bond donors (Lipinski definition) is 1. The molecule has 33 heavy (non-hydrogen) atoms. The number of benzene rings is 1. The van der Waals surface area contributed by atoms with E-state index in [1.165, 1.54) is 5.56 Å². The van der Waals surface area contributed by atoms with E-state index in [1.54, 1.807) is 12.3 Å². The molecule has 0 aliphatic carbocycles. The van der Waals surface area contributed by atoms with Gasteiger partial charge in [-0.25, -0.2) is 0 Å². The number of fused-ring (bicyclic) bond motifs is 1. The summed E-state index contributed by atoms with van der Waals surface area (Å²) in [5.41, 5.74) is 3.48. The van der Waals surface area contributed by atoms with Gasteiger partial charge in [-0.05, 0) is 43.5 Å². The first kappa shape index (κ1) is 21.9. The highest BCUT2D eigenvalue weighted by molar-refractivity contribution is 5.84. The van der Waals surface area contributed by atoms with E-state index in [0.29, 0.717) is 31.7 Å². The van der Waals surface area contributed by atoms with Crippen LogP contribution in [0.3, 0.4) is 0 Å². The first-order valence-corrected chi connectivity index (χ1v) is 11.9. The number of para-hydroxylation sites is 1. The minimum absolute atomic E-state index is 0.100. The van der Waals surface area contributed by atoms with Gasteiger partial charge in [0.1, 0.15) is 13.2 Å². The van der Waals surface area contributed by atoms with Gasteiger partial charge in [0.05, 0.1) is 17.4 Å². The van der Waals surface area contributed by atoms with Crippen molar-refractivity contribution in [3.63, 3.8) is 0 Å². The highest BCUT2D eigenvalue weighted by atomic mass is 16.6. The second-order valence-corrected chi connectivity index (χ2v) is 9.12. The van der Waals surface area contributed by atoms with Crippen molar-refractivity contribution in [3.05, 3.63) is 64.2 Å². The van der Waals surface area contributed by atoms with Crippen LogP contribution in [0.2, 0.25) is 0 Å². The van der Waals surface area contributed by atoms with E-state index in [-0.39, 0.29) is 5.56 Å². The Balaban J connectivity index is 1.15. The number of likely N-dealkylation sites (N-methyl/N-ethyl adjacent to an activating group) is 1. The maximum atomic E-state index is 12.4. The molecule has 1 aromatic carbocycles. The van der Waals surface area contributed by atoms with Crippen LogP contribution in [0.5, 0.6) is 11.5 Å². The van der Waals surface area contributed by atoms with Gasteiger partial charge in [-0.1, -0.05) is 25.1 Å². The van der Waals surface area contributed by atoms with E-state index >= 15 is 0 Å². The molecule has 2 atom stereocenters. The smallest absolute Gasteiger partial charge is 0.251 e. The molecule has 2 unspecified atom stereocenters. The van der Waals surface area contributed by atoms with Crippen molar-refractivity contribution in [3.8, 4) is 11.5 Å². The molecule has 7 nitrogen and oxygen atoms in total. The second-order valence-electron chi connectivity index (χ2n) is 9.12. The van der Waals surface area contributed by atoms with Crippen LogP contribution in [0.4, 0.5) is 0 Å². The van der Waals surface area contributed by atoms with Gasteiger partial charge in [0.2, 0.25) is 0 Å². The van der Waals surface area contributed by atoms with E-state index < -0.39 is 0 Å². The van der Waals surface area contributed by atoms with Gasteiger partial charge in [-0.3, -0.25) is 9.78 Å². The number of nitrogens with one attached hydrogen (secondary N) is 1. The highest BCUT2D eigenvalue weighted by Crippen LogP contribution is 2.33. The molecule has 7 heteroatoms. The molecular formula is C26H32N4O3. The Hall–Kier alpha value is -2.90. The van der Waals surface area contributed by atoms with E-state index in [9.17, 15) is 4.79 Å². The minimum Gasteiger partial charge on any atom is -0.486 e. The lowest BCUT2D eigenvalue weighted by molar-refractivity contribution is 0.170. The van der Waals surface area contributed by atoms with Crippen LogP contribution in [0, 0.1) is 0 Å². The summed E-state index contributed by atoms with van der Waals surface area (Å²) in [7, 11) is 2.18. The normalized spacial score (nSPS) is 17.6. The first-order chi connectivity index (χ1) is 16.1. The maximum absolute atomic E-state index is 12.4. The van der Waals surface area contributed by atoms with Crippen LogP contribution in [-0.2, 0) is 13.1 Å². The Morgan fingerprint density at radius 3 is 2.91 bits per heavy atom. The summed E-state index contributed by atoms with van der Waals surface area (Å²) in [6.45, 7) is 6.81. The predicted molar refractivity (Wildman–Crippen MR) is 129 cm³/mol. The summed E-state index contributed by atoms with van der Waals surface area (Å²) in [6.07, 6.45) is 3.87. The molecule has 0 saturated heterocycles. The van der Waals surface area contributed by atoms with Gasteiger partial charge in [0, 0.05) is 43.7 Å². The maximum Gasteiger partial charge on any atom is 0.251 e. The van der Waals surface area contributed by atoms with Crippen LogP contribution in [-0.4, -0.2) is 53.8 Å². The van der Waals surface area contributed by atoms with Crippen LogP contribution >= 0.6 is 0 Å². The molecule has 0 bridgehead atoms. The average Bonchev–Trinajstić information content (AvgIpc) is 3.21. The van der Waals surface area contributed by atoms with Crippen molar-refractivity contribution in [1.29, 1.82) is 0 Å². The Morgan fingerprint density at radius 2 is 2.06 bits per heavy atom. The zero-order chi connectivity index (χ0) is 22.8. The summed E-state index contributed by atoms with van der Waals surface area (Å²) in [5, 5.41) is 4.80. The molecule has 0 amide bonds. The molecule has 0 saturated carbocycles. The summed E-state index contributed by atoms with van der Waals surface area (Å²) in [4.78, 5) is 19.3. The summed E-state index contributed by atoms with van der Waals surface area (Å²) in [5.74, 6) is 1.86. The largest absolute Gasteiger partial charge is 0.486 e. The van der Waals surface area contributed by atoms with Gasteiger partial charge < -0.3 is 24.3 Å². The number of pyridine rings is 2. The second kappa shape index (κ2) is 9.53. The molecule has 2 aliphatic rings. The molecule has 5 rings (SSSR count). The topological polar surface area (TPSA) is 68.6 Å². The lowest BCUT2D eigenvalue weighted by Gasteiger charge is -2.24. The molecular weight excluding hydrogens is 416 g/mol. The Morgan fingerprint density at radius 1 is 1.21 bits per heavy atom. The molecule has 3 aromatic rings. The van der Waals surface area contributed by atoms with E-state index in [4.69, 9.17) is 9.47 Å². The first-order valence-electron chi connectivity index (χ1n) is 11.9. The van der Waals surface area contributed by atoms with Crippen molar-refractivity contribution in [2.45, 2.75) is 44.8 Å². The molecule has 4 heterocycles. The van der Waals surface area contributed by atoms with E-state index in [1.807, 2.05) is 16.7 Å². The number of ether oxygens (including phenoxy) is 2. The summed E-state index contributed by atoms with van der Waals surface area (Å²) >= 11 is 0. The lowest BCUT2D eigenvalue weighted by Crippen LogP contribution is -2.34. The van der Waals surface area contributed by atoms with Gasteiger partial charge >= 0.3 is 0 Å². The van der Waals surface area contributed by atoms with Gasteiger partial charge in [-0.2, -0.15) is 0 Å². The van der Waals surface area contributed by atoms with Crippen molar-refractivity contribution >= 4 is 10.9 Å². The fraction of sp³-hybridized carbons (Fsp3) is 0.462. The average molecular weight is 449 g/mol. The molecule has 0 fully saturated rings. The van der Waals surface area contributed by atoms with Gasteiger partial charge in [0.25, 0.3) is 5.56 Å². The van der Waals surface area contributed by atoms with Crippen LogP contribution in [0.1, 0.15) is 36.9 Å². The Bertz CT molecular complexity index is 1190. The SMILES string of the molecule is CCC(CCN(C)CC1Cn2c(=O)ccc3cccc1c32)NCc1cc2c(cn1)OCCO2. The van der Waals surface area contributed by atoms with Crippen molar-refractivity contribution < 1.29 is 9.47 Å². The lowest BCUT2D eigenvalue weighted by atomic mass is 9.99. The number of aromatic nitrogens is 2. The summed E-state index contributed by atoms with van der Waals surface area (Å²) < 4.78 is 13.2. The fourth-order valence-electron chi connectivity index (χ4n) is 5.00. The number of hydrogen-bond acceptors (Lipinski definition) is 6. The summed E-state index contributed by atoms with van der Waals surface area (Å²) in [6, 6.07) is 12.4. The van der Waals surface area contributed by atoms with Crippen molar-refractivity contribution in [2.75, 3.05) is 33.4 Å². The highest BCUT2D eigenvalue weighted by Gasteiger charge is 2.26. The Kier molecular flexibility index (Phi) is 6.33. The molecule has 2 aromatic heterocycles. The third-order valence-electron chi connectivity index (χ3n) is 6.83. The van der Waals surface area contributed by atoms with Crippen LogP contribution in [0.15, 0.2) is 47.4 Å². The third-order valence-corrected chi connectivity index (χ3v) is 6.83. The molecule has 1 N–H and O–H groups in total. The Labute approximate surface area is 194 Å². The zero-order valence-electron chi connectivity index (χ0n) is 19.4. The van der Waals surface area contributed by atoms with Crippen LogP contribution in [0.25, 0.3) is 10.9 Å². The van der Waals surface area contributed by atoms with Crippen molar-refractivity contribution in [1.82, 2.24) is 19.8 Å². The third kappa shape index (κ3) is 4.61. The van der Waals surface area contributed by atoms with E-state index in [2.05, 4.69) is 47.4 Å². The molecule has 0 spiro atoms. The van der Waals surface area contributed by atoms with Gasteiger partial charge in [0.15, 0.2) is 11.5 Å². The molecule has 0 radical (unpaired) electrons. The predicted octanol–water partition coefficient (Wildman–Crippen LogP) is 3.16.